The maximum Gasteiger partial charge on any atom is 0.129 e. The van der Waals surface area contributed by atoms with E-state index < -0.39 is 0 Å². The molecular formula is C12H10Cl2N2S. The first kappa shape index (κ1) is 12.6. The van der Waals surface area contributed by atoms with Crippen molar-refractivity contribution in [2.45, 2.75) is 10.6 Å². The Hall–Kier alpha value is -0.900. The lowest BCUT2D eigenvalue weighted by Crippen LogP contribution is -1.89. The van der Waals surface area contributed by atoms with E-state index in [4.69, 9.17) is 28.9 Å². The Morgan fingerprint density at radius 2 is 2.00 bits per heavy atom. The highest BCUT2D eigenvalue weighted by molar-refractivity contribution is 7.98. The Balaban J connectivity index is 2.07. The standard InChI is InChI=1S/C12H10Cl2N2S/c13-9-1-2-11(10(15)6-9)17-7-8-3-4-16-12(14)5-8/h1-6H,7,15H2. The Morgan fingerprint density at radius 3 is 2.71 bits per heavy atom. The van der Waals surface area contributed by atoms with Gasteiger partial charge in [0.15, 0.2) is 0 Å². The van der Waals surface area contributed by atoms with E-state index in [2.05, 4.69) is 4.98 Å². The van der Waals surface area contributed by atoms with Gasteiger partial charge in [-0.15, -0.1) is 11.8 Å². The van der Waals surface area contributed by atoms with Crippen LogP contribution in [0.25, 0.3) is 0 Å². The lowest BCUT2D eigenvalue weighted by molar-refractivity contribution is 1.27. The predicted octanol–water partition coefficient (Wildman–Crippen LogP) is 4.26. The molecule has 2 rings (SSSR count). The van der Waals surface area contributed by atoms with Crippen molar-refractivity contribution in [2.24, 2.45) is 0 Å². The molecule has 0 aliphatic heterocycles. The Labute approximate surface area is 114 Å². The summed E-state index contributed by atoms with van der Waals surface area (Å²) >= 11 is 13.3. The van der Waals surface area contributed by atoms with E-state index in [1.807, 2.05) is 24.3 Å². The van der Waals surface area contributed by atoms with Crippen molar-refractivity contribution in [1.29, 1.82) is 0 Å². The van der Waals surface area contributed by atoms with Gasteiger partial charge in [0.25, 0.3) is 0 Å². The fourth-order valence-corrected chi connectivity index (χ4v) is 2.61. The van der Waals surface area contributed by atoms with Crippen LogP contribution in [0.2, 0.25) is 10.2 Å². The van der Waals surface area contributed by atoms with Crippen LogP contribution in [0.15, 0.2) is 41.4 Å². The van der Waals surface area contributed by atoms with Crippen LogP contribution >= 0.6 is 35.0 Å². The number of rotatable bonds is 3. The lowest BCUT2D eigenvalue weighted by atomic mass is 10.3. The maximum absolute atomic E-state index is 5.87. The quantitative estimate of drug-likeness (QED) is 0.520. The number of nitrogens with two attached hydrogens (primary N) is 1. The van der Waals surface area contributed by atoms with E-state index in [1.54, 1.807) is 24.0 Å². The molecule has 0 radical (unpaired) electrons. The van der Waals surface area contributed by atoms with Crippen LogP contribution < -0.4 is 5.73 Å². The number of hydrogen-bond donors (Lipinski definition) is 1. The monoisotopic (exact) mass is 284 g/mol. The number of pyridine rings is 1. The summed E-state index contributed by atoms with van der Waals surface area (Å²) in [7, 11) is 0. The number of aromatic nitrogens is 1. The fraction of sp³-hybridized carbons (Fsp3) is 0.0833. The number of anilines is 1. The molecule has 2 N–H and O–H groups in total. The zero-order chi connectivity index (χ0) is 12.3. The third-order valence-corrected chi connectivity index (χ3v) is 3.76. The molecule has 0 aliphatic carbocycles. The van der Waals surface area contributed by atoms with Crippen molar-refractivity contribution >= 4 is 40.7 Å². The van der Waals surface area contributed by atoms with Gasteiger partial charge in [-0.3, -0.25) is 0 Å². The predicted molar refractivity (Wildman–Crippen MR) is 74.7 cm³/mol. The van der Waals surface area contributed by atoms with E-state index in [9.17, 15) is 0 Å². The first-order valence-electron chi connectivity index (χ1n) is 4.93. The Bertz CT molecular complexity index is 532. The van der Waals surface area contributed by atoms with Crippen LogP contribution in [0.3, 0.4) is 0 Å². The summed E-state index contributed by atoms with van der Waals surface area (Å²) in [6, 6.07) is 9.29. The summed E-state index contributed by atoms with van der Waals surface area (Å²) in [4.78, 5) is 4.95. The highest BCUT2D eigenvalue weighted by Crippen LogP contribution is 2.30. The molecule has 0 unspecified atom stereocenters. The van der Waals surface area contributed by atoms with Crippen molar-refractivity contribution in [3.05, 3.63) is 52.3 Å². The van der Waals surface area contributed by atoms with Gasteiger partial charge in [-0.2, -0.15) is 0 Å². The molecule has 1 aromatic heterocycles. The third-order valence-electron chi connectivity index (χ3n) is 2.16. The Morgan fingerprint density at radius 1 is 1.18 bits per heavy atom. The second kappa shape index (κ2) is 5.63. The van der Waals surface area contributed by atoms with Crippen LogP contribution in [0, 0.1) is 0 Å². The zero-order valence-electron chi connectivity index (χ0n) is 8.86. The minimum absolute atomic E-state index is 0.507. The van der Waals surface area contributed by atoms with Crippen LogP contribution in [-0.2, 0) is 5.75 Å². The highest BCUT2D eigenvalue weighted by Gasteiger charge is 2.02. The van der Waals surface area contributed by atoms with Gasteiger partial charge in [-0.25, -0.2) is 4.98 Å². The highest BCUT2D eigenvalue weighted by atomic mass is 35.5. The molecule has 5 heteroatoms. The zero-order valence-corrected chi connectivity index (χ0v) is 11.2. The number of benzene rings is 1. The largest absolute Gasteiger partial charge is 0.398 e. The molecular weight excluding hydrogens is 275 g/mol. The molecule has 17 heavy (non-hydrogen) atoms. The second-order valence-electron chi connectivity index (χ2n) is 3.46. The lowest BCUT2D eigenvalue weighted by Gasteiger charge is -2.05. The molecule has 1 heterocycles. The van der Waals surface area contributed by atoms with Gasteiger partial charge >= 0.3 is 0 Å². The topological polar surface area (TPSA) is 38.9 Å². The van der Waals surface area contributed by atoms with Crippen LogP contribution in [0.4, 0.5) is 5.69 Å². The van der Waals surface area contributed by atoms with E-state index in [-0.39, 0.29) is 0 Å². The molecule has 0 bridgehead atoms. The number of hydrogen-bond acceptors (Lipinski definition) is 3. The van der Waals surface area contributed by atoms with Crippen molar-refractivity contribution < 1.29 is 0 Å². The van der Waals surface area contributed by atoms with Crippen LogP contribution in [-0.4, -0.2) is 4.98 Å². The molecule has 1 aromatic carbocycles. The summed E-state index contributed by atoms with van der Waals surface area (Å²) in [5.74, 6) is 0.800. The van der Waals surface area contributed by atoms with E-state index in [0.29, 0.717) is 15.9 Å². The normalized spacial score (nSPS) is 10.5. The molecule has 0 spiro atoms. The molecule has 88 valence electrons. The molecule has 0 saturated carbocycles. The van der Waals surface area contributed by atoms with Gasteiger partial charge in [0.05, 0.1) is 0 Å². The molecule has 0 saturated heterocycles. The minimum atomic E-state index is 0.507. The molecule has 2 aromatic rings. The summed E-state index contributed by atoms with van der Waals surface area (Å²) in [5.41, 5.74) is 7.68. The van der Waals surface area contributed by atoms with Gasteiger partial charge in [0.2, 0.25) is 0 Å². The summed E-state index contributed by atoms with van der Waals surface area (Å²) in [6.07, 6.45) is 1.70. The molecule has 0 fully saturated rings. The molecule has 0 aliphatic rings. The third kappa shape index (κ3) is 3.53. The summed E-state index contributed by atoms with van der Waals surface area (Å²) < 4.78 is 0. The van der Waals surface area contributed by atoms with Crippen LogP contribution in [0.5, 0.6) is 0 Å². The van der Waals surface area contributed by atoms with Crippen molar-refractivity contribution in [1.82, 2.24) is 4.98 Å². The van der Waals surface area contributed by atoms with Crippen molar-refractivity contribution in [3.8, 4) is 0 Å². The van der Waals surface area contributed by atoms with Gasteiger partial charge in [-0.1, -0.05) is 23.2 Å². The molecule has 0 atom stereocenters. The first-order chi connectivity index (χ1) is 8.15. The number of nitrogens with zero attached hydrogens (tertiary/aromatic N) is 1. The van der Waals surface area contributed by atoms with Gasteiger partial charge in [0.1, 0.15) is 5.15 Å². The number of thioether (sulfide) groups is 1. The smallest absolute Gasteiger partial charge is 0.129 e. The van der Waals surface area contributed by atoms with Crippen molar-refractivity contribution in [3.63, 3.8) is 0 Å². The van der Waals surface area contributed by atoms with Gasteiger partial charge < -0.3 is 5.73 Å². The van der Waals surface area contributed by atoms with Gasteiger partial charge in [0, 0.05) is 27.6 Å². The average molecular weight is 285 g/mol. The SMILES string of the molecule is Nc1cc(Cl)ccc1SCc1ccnc(Cl)c1. The summed E-state index contributed by atoms with van der Waals surface area (Å²) in [6.45, 7) is 0. The van der Waals surface area contributed by atoms with E-state index in [0.717, 1.165) is 16.2 Å². The average Bonchev–Trinajstić information content (AvgIpc) is 2.28. The first-order valence-corrected chi connectivity index (χ1v) is 6.67. The minimum Gasteiger partial charge on any atom is -0.398 e. The number of nitrogen functional groups attached to an aromatic ring is 1. The summed E-state index contributed by atoms with van der Waals surface area (Å²) in [5, 5.41) is 1.16. The van der Waals surface area contributed by atoms with E-state index >= 15 is 0 Å². The van der Waals surface area contributed by atoms with Gasteiger partial charge in [-0.05, 0) is 35.9 Å². The van der Waals surface area contributed by atoms with E-state index in [1.165, 1.54) is 0 Å². The number of halogens is 2. The fourth-order valence-electron chi connectivity index (χ4n) is 1.34. The molecule has 0 amide bonds. The Kier molecular flexibility index (Phi) is 4.15. The van der Waals surface area contributed by atoms with Crippen LogP contribution in [0.1, 0.15) is 5.56 Å². The maximum atomic E-state index is 5.87. The second-order valence-corrected chi connectivity index (χ2v) is 5.30. The van der Waals surface area contributed by atoms with Crippen molar-refractivity contribution in [2.75, 3.05) is 5.73 Å². The molecule has 2 nitrogen and oxygen atoms in total.